The number of carbonyl (C=O) groups excluding carboxylic acids is 1. The molecule has 1 aromatic carbocycles. The van der Waals surface area contributed by atoms with Crippen LogP contribution in [-0.4, -0.2) is 35.0 Å². The molecule has 0 fully saturated rings. The van der Waals surface area contributed by atoms with E-state index in [2.05, 4.69) is 5.32 Å². The molecule has 0 unspecified atom stereocenters. The Balaban J connectivity index is 2.66. The van der Waals surface area contributed by atoms with Crippen molar-refractivity contribution < 1.29 is 14.7 Å². The predicted molar refractivity (Wildman–Crippen MR) is 73.1 cm³/mol. The van der Waals surface area contributed by atoms with E-state index >= 15 is 0 Å². The molecule has 0 radical (unpaired) electrons. The predicted octanol–water partition coefficient (Wildman–Crippen LogP) is 1.93. The van der Waals surface area contributed by atoms with Crippen molar-refractivity contribution in [1.29, 1.82) is 0 Å². The minimum Gasteiger partial charge on any atom is -0.480 e. The van der Waals surface area contributed by atoms with Gasteiger partial charge >= 0.3 is 5.97 Å². The minimum atomic E-state index is -0.996. The Hall–Kier alpha value is -1.49. The molecule has 0 aromatic heterocycles. The summed E-state index contributed by atoms with van der Waals surface area (Å²) in [4.78, 5) is 22.9. The van der Waals surface area contributed by atoms with Crippen LogP contribution < -0.4 is 5.32 Å². The van der Waals surface area contributed by atoms with Crippen molar-refractivity contribution >= 4 is 23.6 Å². The van der Waals surface area contributed by atoms with Crippen molar-refractivity contribution in [2.24, 2.45) is 0 Å². The molecular formula is C13H17NO3S. The number of aryl methyl sites for hydroxylation is 1. The molecule has 0 aliphatic carbocycles. The lowest BCUT2D eigenvalue weighted by Gasteiger charge is -2.13. The number of hydrogen-bond acceptors (Lipinski definition) is 3. The first-order chi connectivity index (χ1) is 8.54. The van der Waals surface area contributed by atoms with Crippen LogP contribution in [0, 0.1) is 6.92 Å². The summed E-state index contributed by atoms with van der Waals surface area (Å²) in [6.07, 6.45) is 2.33. The van der Waals surface area contributed by atoms with E-state index < -0.39 is 12.0 Å². The highest BCUT2D eigenvalue weighted by molar-refractivity contribution is 7.98. The fourth-order valence-electron chi connectivity index (χ4n) is 1.44. The van der Waals surface area contributed by atoms with Crippen molar-refractivity contribution in [2.45, 2.75) is 19.4 Å². The molecule has 0 spiro atoms. The fourth-order valence-corrected chi connectivity index (χ4v) is 1.91. The van der Waals surface area contributed by atoms with Gasteiger partial charge in [0.15, 0.2) is 0 Å². The van der Waals surface area contributed by atoms with Crippen LogP contribution in [0.5, 0.6) is 0 Å². The molecule has 18 heavy (non-hydrogen) atoms. The molecule has 98 valence electrons. The van der Waals surface area contributed by atoms with Gasteiger partial charge in [-0.25, -0.2) is 4.79 Å². The van der Waals surface area contributed by atoms with Crippen LogP contribution in [0.15, 0.2) is 24.3 Å². The Kier molecular flexibility index (Phi) is 5.71. The van der Waals surface area contributed by atoms with Gasteiger partial charge in [0.2, 0.25) is 0 Å². The average Bonchev–Trinajstić information content (AvgIpc) is 2.34. The van der Waals surface area contributed by atoms with Gasteiger partial charge in [0.05, 0.1) is 0 Å². The molecule has 0 saturated carbocycles. The molecule has 5 heteroatoms. The van der Waals surface area contributed by atoms with Crippen molar-refractivity contribution in [3.63, 3.8) is 0 Å². The smallest absolute Gasteiger partial charge is 0.326 e. The van der Waals surface area contributed by atoms with Crippen molar-refractivity contribution in [1.82, 2.24) is 5.32 Å². The van der Waals surface area contributed by atoms with Gasteiger partial charge in [-0.2, -0.15) is 11.8 Å². The molecule has 0 bridgehead atoms. The summed E-state index contributed by atoms with van der Waals surface area (Å²) in [6, 6.07) is 6.21. The molecular weight excluding hydrogens is 250 g/mol. The average molecular weight is 267 g/mol. The van der Waals surface area contributed by atoms with E-state index in [1.54, 1.807) is 23.9 Å². The minimum absolute atomic E-state index is 0.344. The van der Waals surface area contributed by atoms with E-state index in [0.717, 1.165) is 5.56 Å². The molecule has 0 aliphatic rings. The molecule has 0 heterocycles. The number of carbonyl (C=O) groups is 2. The molecule has 2 N–H and O–H groups in total. The molecule has 1 aromatic rings. The van der Waals surface area contributed by atoms with Crippen molar-refractivity contribution in [3.05, 3.63) is 35.4 Å². The summed E-state index contributed by atoms with van der Waals surface area (Å²) < 4.78 is 0. The van der Waals surface area contributed by atoms with Gasteiger partial charge in [-0.15, -0.1) is 0 Å². The Morgan fingerprint density at radius 2 is 1.94 bits per heavy atom. The van der Waals surface area contributed by atoms with Crippen LogP contribution in [0.1, 0.15) is 22.3 Å². The van der Waals surface area contributed by atoms with Gasteiger partial charge in [0.1, 0.15) is 6.04 Å². The maximum Gasteiger partial charge on any atom is 0.326 e. The number of carboxylic acid groups (broad SMARTS) is 1. The fraction of sp³-hybridized carbons (Fsp3) is 0.385. The zero-order valence-electron chi connectivity index (χ0n) is 10.5. The summed E-state index contributed by atoms with van der Waals surface area (Å²) in [5.74, 6) is -0.640. The van der Waals surface area contributed by atoms with Gasteiger partial charge in [0.25, 0.3) is 5.91 Å². The van der Waals surface area contributed by atoms with Gasteiger partial charge < -0.3 is 10.4 Å². The third-order valence-electron chi connectivity index (χ3n) is 2.53. The number of hydrogen-bond donors (Lipinski definition) is 2. The molecule has 4 nitrogen and oxygen atoms in total. The highest BCUT2D eigenvalue weighted by Crippen LogP contribution is 2.05. The largest absolute Gasteiger partial charge is 0.480 e. The highest BCUT2D eigenvalue weighted by Gasteiger charge is 2.19. The van der Waals surface area contributed by atoms with E-state index in [1.165, 1.54) is 0 Å². The molecule has 1 rings (SSSR count). The van der Waals surface area contributed by atoms with Crippen molar-refractivity contribution in [2.75, 3.05) is 12.0 Å². The second-order valence-electron chi connectivity index (χ2n) is 4.01. The van der Waals surface area contributed by atoms with Crippen molar-refractivity contribution in [3.8, 4) is 0 Å². The van der Waals surface area contributed by atoms with Crippen LogP contribution in [0.25, 0.3) is 0 Å². The topological polar surface area (TPSA) is 66.4 Å². The number of carboxylic acids is 1. The number of thioether (sulfide) groups is 1. The van der Waals surface area contributed by atoms with Gasteiger partial charge in [0, 0.05) is 5.56 Å². The van der Waals surface area contributed by atoms with E-state index in [4.69, 9.17) is 5.11 Å². The second-order valence-corrected chi connectivity index (χ2v) is 5.00. The SMILES string of the molecule is CSCC[C@@H](NC(=O)c1ccc(C)cc1)C(=O)O. The molecule has 0 aliphatic heterocycles. The van der Waals surface area contributed by atoms with Gasteiger partial charge in [-0.1, -0.05) is 17.7 Å². The zero-order valence-corrected chi connectivity index (χ0v) is 11.3. The van der Waals surface area contributed by atoms with Gasteiger partial charge in [-0.05, 0) is 37.5 Å². The third kappa shape index (κ3) is 4.41. The normalized spacial score (nSPS) is 11.9. The number of benzene rings is 1. The molecule has 1 amide bonds. The van der Waals surface area contributed by atoms with E-state index in [0.29, 0.717) is 17.7 Å². The van der Waals surface area contributed by atoms with Gasteiger partial charge in [-0.3, -0.25) is 4.79 Å². The highest BCUT2D eigenvalue weighted by atomic mass is 32.2. The maximum absolute atomic E-state index is 11.9. The summed E-state index contributed by atoms with van der Waals surface area (Å²) in [5, 5.41) is 11.6. The summed E-state index contributed by atoms with van der Waals surface area (Å²) in [5.41, 5.74) is 1.54. The Bertz CT molecular complexity index is 417. The van der Waals surface area contributed by atoms with E-state index in [-0.39, 0.29) is 5.91 Å². The number of rotatable bonds is 6. The monoisotopic (exact) mass is 267 g/mol. The van der Waals surface area contributed by atoms with Crippen LogP contribution >= 0.6 is 11.8 Å². The van der Waals surface area contributed by atoms with Crippen LogP contribution in [0.3, 0.4) is 0 Å². The van der Waals surface area contributed by atoms with Crippen LogP contribution in [-0.2, 0) is 4.79 Å². The first-order valence-corrected chi connectivity index (χ1v) is 7.03. The number of amides is 1. The standard InChI is InChI=1S/C13H17NO3S/c1-9-3-5-10(6-4-9)12(15)14-11(13(16)17)7-8-18-2/h3-6,11H,7-8H2,1-2H3,(H,14,15)(H,16,17)/t11-/m1/s1. The molecule has 0 saturated heterocycles. The van der Waals surface area contributed by atoms with Crippen LogP contribution in [0.2, 0.25) is 0 Å². The van der Waals surface area contributed by atoms with E-state index in [9.17, 15) is 9.59 Å². The Morgan fingerprint density at radius 3 is 2.44 bits per heavy atom. The summed E-state index contributed by atoms with van der Waals surface area (Å²) >= 11 is 1.56. The third-order valence-corrected chi connectivity index (χ3v) is 3.17. The quantitative estimate of drug-likeness (QED) is 0.826. The summed E-state index contributed by atoms with van der Waals surface area (Å²) in [6.45, 7) is 1.93. The Labute approximate surface area is 111 Å². The van der Waals surface area contributed by atoms with E-state index in [1.807, 2.05) is 25.3 Å². The van der Waals surface area contributed by atoms with Crippen LogP contribution in [0.4, 0.5) is 0 Å². The lowest BCUT2D eigenvalue weighted by Crippen LogP contribution is -2.41. The zero-order chi connectivity index (χ0) is 13.5. The number of nitrogens with one attached hydrogen (secondary N) is 1. The maximum atomic E-state index is 11.9. The number of aliphatic carboxylic acids is 1. The lowest BCUT2D eigenvalue weighted by molar-refractivity contribution is -0.139. The first kappa shape index (κ1) is 14.6. The summed E-state index contributed by atoms with van der Waals surface area (Å²) in [7, 11) is 0. The lowest BCUT2D eigenvalue weighted by atomic mass is 10.1. The molecule has 1 atom stereocenters. The second kappa shape index (κ2) is 7.06. The Morgan fingerprint density at radius 1 is 1.33 bits per heavy atom. The first-order valence-electron chi connectivity index (χ1n) is 5.64.